The molecule has 1 spiro atoms. The summed E-state index contributed by atoms with van der Waals surface area (Å²) in [6.07, 6.45) is 5.79. The lowest BCUT2D eigenvalue weighted by Gasteiger charge is -2.52. The molecule has 1 amide bonds. The predicted molar refractivity (Wildman–Crippen MR) is 103 cm³/mol. The van der Waals surface area contributed by atoms with E-state index < -0.39 is 0 Å². The Morgan fingerprint density at radius 3 is 2.50 bits per heavy atom. The van der Waals surface area contributed by atoms with Crippen molar-refractivity contribution >= 4 is 46.7 Å². The molecule has 6 heteroatoms. The van der Waals surface area contributed by atoms with E-state index in [-0.39, 0.29) is 17.6 Å². The quantitative estimate of drug-likeness (QED) is 0.706. The Bertz CT molecular complexity index is 632. The Balaban J connectivity index is 1.48. The van der Waals surface area contributed by atoms with E-state index in [0.717, 1.165) is 12.8 Å². The van der Waals surface area contributed by atoms with Gasteiger partial charge in [-0.2, -0.15) is 0 Å². The molecule has 2 aliphatic carbocycles. The summed E-state index contributed by atoms with van der Waals surface area (Å²) in [6, 6.07) is 4.82. The van der Waals surface area contributed by atoms with Crippen molar-refractivity contribution in [1.29, 1.82) is 0 Å². The van der Waals surface area contributed by atoms with E-state index in [1.165, 1.54) is 36.8 Å². The third kappa shape index (κ3) is 2.93. The van der Waals surface area contributed by atoms with Gasteiger partial charge in [0.05, 0.1) is 9.77 Å². The first-order valence-electron chi connectivity index (χ1n) is 8.66. The highest BCUT2D eigenvalue weighted by molar-refractivity contribution is 8.21. The van der Waals surface area contributed by atoms with Gasteiger partial charge >= 0.3 is 0 Å². The summed E-state index contributed by atoms with van der Waals surface area (Å²) >= 11 is 10.2. The minimum atomic E-state index is 0.0326. The number of hydrogen-bond acceptors (Lipinski definition) is 4. The highest BCUT2D eigenvalue weighted by atomic mass is 35.5. The molecule has 2 saturated carbocycles. The Morgan fingerprint density at radius 2 is 1.88 bits per heavy atom. The SMILES string of the molecule is O=C(Nc1ccc(Cl)cc1O)C1CC2CCCC(C1)C21SCCS1. The molecule has 1 saturated heterocycles. The number of carbonyl (C=O) groups excluding carboxylic acids is 1. The number of nitrogens with one attached hydrogen (secondary N) is 1. The Hall–Kier alpha value is -0.520. The van der Waals surface area contributed by atoms with Crippen molar-refractivity contribution < 1.29 is 9.90 Å². The van der Waals surface area contributed by atoms with Crippen LogP contribution in [0.1, 0.15) is 32.1 Å². The summed E-state index contributed by atoms with van der Waals surface area (Å²) in [5, 5.41) is 13.3. The second-order valence-corrected chi connectivity index (χ2v) is 10.5. The second-order valence-electron chi connectivity index (χ2n) is 7.06. The van der Waals surface area contributed by atoms with E-state index in [1.807, 2.05) is 0 Å². The average Bonchev–Trinajstić information content (AvgIpc) is 2.99. The van der Waals surface area contributed by atoms with Gasteiger partial charge in [-0.15, -0.1) is 23.5 Å². The number of thioether (sulfide) groups is 2. The van der Waals surface area contributed by atoms with E-state index in [1.54, 1.807) is 12.1 Å². The minimum absolute atomic E-state index is 0.0326. The molecule has 2 atom stereocenters. The molecule has 3 nitrogen and oxygen atoms in total. The molecular weight excluding hydrogens is 362 g/mol. The van der Waals surface area contributed by atoms with Crippen molar-refractivity contribution in [3.05, 3.63) is 23.2 Å². The molecule has 4 rings (SSSR count). The monoisotopic (exact) mass is 383 g/mol. The number of rotatable bonds is 2. The molecule has 2 bridgehead atoms. The van der Waals surface area contributed by atoms with Gasteiger partial charge in [0.2, 0.25) is 5.91 Å². The number of phenolic OH excluding ortho intramolecular Hbond substituents is 1. The molecule has 2 N–H and O–H groups in total. The summed E-state index contributed by atoms with van der Waals surface area (Å²) in [5.41, 5.74) is 0.458. The van der Waals surface area contributed by atoms with Crippen molar-refractivity contribution in [2.24, 2.45) is 17.8 Å². The number of phenols is 1. The van der Waals surface area contributed by atoms with E-state index in [9.17, 15) is 9.90 Å². The lowest BCUT2D eigenvalue weighted by molar-refractivity contribution is -0.122. The summed E-state index contributed by atoms with van der Waals surface area (Å²) in [6.45, 7) is 0. The Morgan fingerprint density at radius 1 is 1.21 bits per heavy atom. The Kier molecular flexibility index (Phi) is 4.69. The molecule has 3 aliphatic rings. The first kappa shape index (κ1) is 16.9. The van der Waals surface area contributed by atoms with Crippen LogP contribution in [0.3, 0.4) is 0 Å². The molecule has 2 unspecified atom stereocenters. The summed E-state index contributed by atoms with van der Waals surface area (Å²) in [4.78, 5) is 12.8. The van der Waals surface area contributed by atoms with Gasteiger partial charge in [0.1, 0.15) is 5.75 Å². The van der Waals surface area contributed by atoms with Gasteiger partial charge < -0.3 is 10.4 Å². The van der Waals surface area contributed by atoms with Crippen LogP contribution in [-0.4, -0.2) is 26.6 Å². The number of hydrogen-bond donors (Lipinski definition) is 2. The van der Waals surface area contributed by atoms with Crippen molar-refractivity contribution in [1.82, 2.24) is 0 Å². The number of carbonyl (C=O) groups is 1. The zero-order valence-electron chi connectivity index (χ0n) is 13.5. The van der Waals surface area contributed by atoms with Crippen LogP contribution >= 0.6 is 35.1 Å². The maximum absolute atomic E-state index is 12.8. The molecule has 1 aromatic rings. The number of benzene rings is 1. The van der Waals surface area contributed by atoms with E-state index in [0.29, 0.717) is 26.6 Å². The normalized spacial score (nSPS) is 31.1. The van der Waals surface area contributed by atoms with Crippen LogP contribution in [0.2, 0.25) is 5.02 Å². The number of amides is 1. The smallest absolute Gasteiger partial charge is 0.227 e. The van der Waals surface area contributed by atoms with Crippen LogP contribution in [0.25, 0.3) is 0 Å². The molecule has 24 heavy (non-hydrogen) atoms. The van der Waals surface area contributed by atoms with Gasteiger partial charge in [0.25, 0.3) is 0 Å². The van der Waals surface area contributed by atoms with Crippen molar-refractivity contribution in [2.45, 2.75) is 36.2 Å². The second kappa shape index (κ2) is 6.65. The van der Waals surface area contributed by atoms with Crippen LogP contribution in [0.15, 0.2) is 18.2 Å². The van der Waals surface area contributed by atoms with E-state index in [4.69, 9.17) is 11.6 Å². The maximum atomic E-state index is 12.8. The fourth-order valence-electron chi connectivity index (χ4n) is 4.67. The average molecular weight is 384 g/mol. The lowest BCUT2D eigenvalue weighted by atomic mass is 9.67. The number of halogens is 1. The summed E-state index contributed by atoms with van der Waals surface area (Å²) in [7, 11) is 0. The molecule has 0 radical (unpaired) electrons. The lowest BCUT2D eigenvalue weighted by Crippen LogP contribution is -2.48. The van der Waals surface area contributed by atoms with Gasteiger partial charge in [0, 0.05) is 28.5 Å². The third-order valence-corrected chi connectivity index (χ3v) is 9.96. The zero-order chi connectivity index (χ0) is 16.7. The van der Waals surface area contributed by atoms with Gasteiger partial charge in [-0.05, 0) is 49.7 Å². The zero-order valence-corrected chi connectivity index (χ0v) is 15.9. The van der Waals surface area contributed by atoms with E-state index in [2.05, 4.69) is 28.8 Å². The molecule has 1 aliphatic heterocycles. The minimum Gasteiger partial charge on any atom is -0.506 e. The van der Waals surface area contributed by atoms with Crippen LogP contribution in [-0.2, 0) is 4.79 Å². The first-order valence-corrected chi connectivity index (χ1v) is 11.0. The molecule has 1 aromatic carbocycles. The summed E-state index contributed by atoms with van der Waals surface area (Å²) < 4.78 is 0.386. The van der Waals surface area contributed by atoms with Crippen molar-refractivity contribution in [3.63, 3.8) is 0 Å². The number of anilines is 1. The highest BCUT2D eigenvalue weighted by Crippen LogP contribution is 2.64. The van der Waals surface area contributed by atoms with Gasteiger partial charge in [-0.1, -0.05) is 18.0 Å². The Labute approximate surface area is 156 Å². The fourth-order valence-corrected chi connectivity index (χ4v) is 8.77. The largest absolute Gasteiger partial charge is 0.506 e. The van der Waals surface area contributed by atoms with Crippen LogP contribution in [0.5, 0.6) is 5.75 Å². The van der Waals surface area contributed by atoms with Gasteiger partial charge in [-0.25, -0.2) is 0 Å². The third-order valence-electron chi connectivity index (χ3n) is 5.71. The van der Waals surface area contributed by atoms with Crippen LogP contribution < -0.4 is 5.32 Å². The predicted octanol–water partition coefficient (Wildman–Crippen LogP) is 4.99. The topological polar surface area (TPSA) is 49.3 Å². The molecule has 130 valence electrons. The first-order chi connectivity index (χ1) is 11.6. The maximum Gasteiger partial charge on any atom is 0.227 e. The highest BCUT2D eigenvalue weighted by Gasteiger charge is 2.55. The van der Waals surface area contributed by atoms with Crippen molar-refractivity contribution in [3.8, 4) is 5.75 Å². The van der Waals surface area contributed by atoms with Gasteiger partial charge in [0.15, 0.2) is 0 Å². The molecule has 1 heterocycles. The van der Waals surface area contributed by atoms with Crippen LogP contribution in [0, 0.1) is 17.8 Å². The van der Waals surface area contributed by atoms with E-state index >= 15 is 0 Å². The molecule has 3 fully saturated rings. The molecular formula is C18H22ClNO2S2. The van der Waals surface area contributed by atoms with Crippen LogP contribution in [0.4, 0.5) is 5.69 Å². The standard InChI is InChI=1S/C18H22ClNO2S2/c19-14-4-5-15(16(21)10-14)20-17(22)11-8-12-2-1-3-13(9-11)18(12)23-6-7-24-18/h4-5,10-13,21H,1-3,6-9H2,(H,20,22). The van der Waals surface area contributed by atoms with Crippen molar-refractivity contribution in [2.75, 3.05) is 16.8 Å². The molecule has 0 aromatic heterocycles. The fraction of sp³-hybridized carbons (Fsp3) is 0.611. The number of aromatic hydroxyl groups is 1. The van der Waals surface area contributed by atoms with Gasteiger partial charge in [-0.3, -0.25) is 4.79 Å². The summed E-state index contributed by atoms with van der Waals surface area (Å²) in [5.74, 6) is 3.95.